The molecule has 2 aromatic carbocycles. The van der Waals surface area contributed by atoms with E-state index >= 15 is 0 Å². The molecule has 0 saturated carbocycles. The molecule has 202 valence electrons. The molecule has 0 spiro atoms. The van der Waals surface area contributed by atoms with Gasteiger partial charge in [-0.05, 0) is 38.1 Å². The number of hydrogen-bond acceptors (Lipinski definition) is 8. The lowest BCUT2D eigenvalue weighted by Gasteiger charge is -2.24. The number of urea groups is 1. The molecular weight excluding hydrogens is 523 g/mol. The zero-order valence-electron chi connectivity index (χ0n) is 21.2. The fraction of sp³-hybridized carbons (Fsp3) is 0.280. The van der Waals surface area contributed by atoms with E-state index in [2.05, 4.69) is 25.8 Å². The zero-order valence-corrected chi connectivity index (χ0v) is 22.0. The fourth-order valence-corrected chi connectivity index (χ4v) is 4.02. The normalized spacial score (nSPS) is 11.5. The van der Waals surface area contributed by atoms with E-state index in [1.165, 1.54) is 31.3 Å². The Bertz CT molecular complexity index is 1430. The first-order chi connectivity index (χ1) is 18.0. The van der Waals surface area contributed by atoms with Crippen molar-refractivity contribution in [3.05, 3.63) is 54.5 Å². The maximum absolute atomic E-state index is 13.2. The fourth-order valence-electron chi connectivity index (χ4n) is 3.09. The molecule has 0 aliphatic rings. The van der Waals surface area contributed by atoms with Crippen LogP contribution < -0.4 is 15.4 Å². The first-order valence-electron chi connectivity index (χ1n) is 11.4. The number of carbonyl (C=O) groups is 1. The van der Waals surface area contributed by atoms with E-state index in [0.29, 0.717) is 21.6 Å². The van der Waals surface area contributed by atoms with Crippen LogP contribution in [0.3, 0.4) is 0 Å². The van der Waals surface area contributed by atoms with Crippen LogP contribution in [0.15, 0.2) is 63.2 Å². The number of aromatic nitrogens is 3. The highest BCUT2D eigenvalue weighted by molar-refractivity contribution is 7.99. The predicted molar refractivity (Wildman–Crippen MR) is 138 cm³/mol. The number of phenolic OH excluding ortho intramolecular Hbond substituents is 1. The maximum atomic E-state index is 13.2. The van der Waals surface area contributed by atoms with E-state index in [1.807, 2.05) is 13.8 Å². The van der Waals surface area contributed by atoms with E-state index in [0.717, 1.165) is 24.8 Å². The van der Waals surface area contributed by atoms with E-state index < -0.39 is 17.6 Å². The third kappa shape index (κ3) is 6.28. The lowest BCUT2D eigenvalue weighted by Crippen LogP contribution is -2.36. The van der Waals surface area contributed by atoms with Gasteiger partial charge in [-0.2, -0.15) is 13.2 Å². The van der Waals surface area contributed by atoms with Gasteiger partial charge >= 0.3 is 12.2 Å². The molecule has 0 atom stereocenters. The molecule has 4 aromatic rings. The number of hydrogen-bond donors (Lipinski definition) is 3. The number of nitrogens with one attached hydrogen (secondary N) is 2. The van der Waals surface area contributed by atoms with Crippen LogP contribution in [0.5, 0.6) is 11.5 Å². The Kier molecular flexibility index (Phi) is 8.71. The summed E-state index contributed by atoms with van der Waals surface area (Å²) in [4.78, 5) is 21.6. The van der Waals surface area contributed by atoms with Crippen LogP contribution in [-0.2, 0) is 5.41 Å². The number of aromatic hydroxyl groups is 1. The molecule has 2 aromatic heterocycles. The number of ether oxygens (including phenoxy) is 1. The number of rotatable bonds is 6. The van der Waals surface area contributed by atoms with Crippen molar-refractivity contribution < 1.29 is 32.3 Å². The van der Waals surface area contributed by atoms with Gasteiger partial charge in [-0.3, -0.25) is 5.32 Å². The first-order valence-corrected chi connectivity index (χ1v) is 12.2. The molecular formula is C25H26F3N5O4S. The molecule has 0 bridgehead atoms. The Morgan fingerprint density at radius 3 is 2.50 bits per heavy atom. The number of amides is 2. The number of alkyl halides is 3. The Morgan fingerprint density at radius 1 is 1.08 bits per heavy atom. The molecule has 0 aliphatic carbocycles. The molecule has 2 amide bonds. The number of carbonyl (C=O) groups excluding carboxylic acids is 1. The number of halogens is 3. The third-order valence-electron chi connectivity index (χ3n) is 5.30. The molecule has 3 N–H and O–H groups in total. The highest BCUT2D eigenvalue weighted by atomic mass is 32.2. The second kappa shape index (κ2) is 11.6. The standard InChI is InChI=1S/C23H20F3N5O4S.C2H6/c1-22(2,23(24,25)26)18-10-19(35-31-18)30-21(33)29-12-5-4-6-13(7-12)36-20-14-8-16(32)17(34-3)9-15(14)27-11-28-20;1-2/h4-11,32H,1-3H3,(H2,29,30,33);1-2H3. The van der Waals surface area contributed by atoms with Crippen molar-refractivity contribution in [1.29, 1.82) is 0 Å². The van der Waals surface area contributed by atoms with Gasteiger partial charge in [0.05, 0.1) is 12.6 Å². The summed E-state index contributed by atoms with van der Waals surface area (Å²) in [5.41, 5.74) is -1.61. The van der Waals surface area contributed by atoms with Gasteiger partial charge in [0.15, 0.2) is 11.5 Å². The molecule has 13 heteroatoms. The van der Waals surface area contributed by atoms with Crippen LogP contribution in [0.2, 0.25) is 0 Å². The van der Waals surface area contributed by atoms with Gasteiger partial charge < -0.3 is 19.7 Å². The SMILES string of the molecule is CC.COc1cc2ncnc(Sc3cccc(NC(=O)Nc4cc(C(C)(C)C(F)(F)F)no4)c3)c2cc1O. The topological polar surface area (TPSA) is 122 Å². The summed E-state index contributed by atoms with van der Waals surface area (Å²) in [5.74, 6) is 0.00573. The monoisotopic (exact) mass is 549 g/mol. The second-order valence-corrected chi connectivity index (χ2v) is 9.19. The summed E-state index contributed by atoms with van der Waals surface area (Å²) >= 11 is 1.28. The molecule has 0 aliphatic heterocycles. The van der Waals surface area contributed by atoms with Crippen LogP contribution in [0.25, 0.3) is 10.9 Å². The smallest absolute Gasteiger partial charge is 0.399 e. The number of phenols is 1. The Balaban J connectivity index is 0.00000195. The van der Waals surface area contributed by atoms with Crippen molar-refractivity contribution >= 4 is 40.3 Å². The van der Waals surface area contributed by atoms with Gasteiger partial charge in [0.1, 0.15) is 22.5 Å². The molecule has 0 saturated heterocycles. The van der Waals surface area contributed by atoms with Crippen LogP contribution in [0.4, 0.5) is 29.5 Å². The minimum Gasteiger partial charge on any atom is -0.504 e. The molecule has 9 nitrogen and oxygen atoms in total. The van der Waals surface area contributed by atoms with Gasteiger partial charge in [0, 0.05) is 28.1 Å². The molecule has 0 radical (unpaired) electrons. The number of methoxy groups -OCH3 is 1. The average Bonchev–Trinajstić information content (AvgIpc) is 3.34. The molecule has 38 heavy (non-hydrogen) atoms. The average molecular weight is 550 g/mol. The van der Waals surface area contributed by atoms with Crippen molar-refractivity contribution in [3.63, 3.8) is 0 Å². The minimum absolute atomic E-state index is 0.0528. The van der Waals surface area contributed by atoms with Gasteiger partial charge in [-0.25, -0.2) is 14.8 Å². The molecule has 4 rings (SSSR count). The van der Waals surface area contributed by atoms with E-state index in [9.17, 15) is 23.1 Å². The van der Waals surface area contributed by atoms with Crippen molar-refractivity contribution in [1.82, 2.24) is 15.1 Å². The van der Waals surface area contributed by atoms with Gasteiger partial charge in [0.25, 0.3) is 0 Å². The third-order valence-corrected chi connectivity index (χ3v) is 6.31. The van der Waals surface area contributed by atoms with Crippen molar-refractivity contribution in [2.75, 3.05) is 17.7 Å². The Labute approximate surface area is 220 Å². The van der Waals surface area contributed by atoms with E-state index in [1.54, 1.807) is 30.3 Å². The Hall–Kier alpha value is -4.00. The summed E-state index contributed by atoms with van der Waals surface area (Å²) in [6.07, 6.45) is -3.15. The summed E-state index contributed by atoms with van der Waals surface area (Å²) in [6.45, 7) is 5.94. The van der Waals surface area contributed by atoms with Gasteiger partial charge in [-0.15, -0.1) is 0 Å². The van der Waals surface area contributed by atoms with Gasteiger partial charge in [-0.1, -0.05) is 36.8 Å². The van der Waals surface area contributed by atoms with Crippen molar-refractivity contribution in [2.24, 2.45) is 0 Å². The minimum atomic E-state index is -4.54. The summed E-state index contributed by atoms with van der Waals surface area (Å²) in [5, 5.41) is 19.7. The Morgan fingerprint density at radius 2 is 1.82 bits per heavy atom. The summed E-state index contributed by atoms with van der Waals surface area (Å²) < 4.78 is 49.6. The lowest BCUT2D eigenvalue weighted by molar-refractivity contribution is -0.181. The van der Waals surface area contributed by atoms with E-state index in [4.69, 9.17) is 9.26 Å². The number of anilines is 2. The van der Waals surface area contributed by atoms with Gasteiger partial charge in [0.2, 0.25) is 5.88 Å². The largest absolute Gasteiger partial charge is 0.504 e. The molecule has 0 unspecified atom stereocenters. The quantitative estimate of drug-likeness (QED) is 0.220. The summed E-state index contributed by atoms with van der Waals surface area (Å²) in [7, 11) is 1.44. The number of benzene rings is 2. The van der Waals surface area contributed by atoms with Crippen LogP contribution >= 0.6 is 11.8 Å². The van der Waals surface area contributed by atoms with E-state index in [-0.39, 0.29) is 23.1 Å². The molecule has 2 heterocycles. The number of fused-ring (bicyclic) bond motifs is 1. The predicted octanol–water partition coefficient (Wildman–Crippen LogP) is 6.99. The van der Waals surface area contributed by atoms with Crippen LogP contribution in [0.1, 0.15) is 33.4 Å². The summed E-state index contributed by atoms with van der Waals surface area (Å²) in [6, 6.07) is 10.2. The second-order valence-electron chi connectivity index (χ2n) is 8.13. The van der Waals surface area contributed by atoms with Crippen LogP contribution in [-0.4, -0.2) is 39.5 Å². The molecule has 0 fully saturated rings. The maximum Gasteiger partial charge on any atom is 0.399 e. The zero-order chi connectivity index (χ0) is 28.1. The highest BCUT2D eigenvalue weighted by Gasteiger charge is 2.50. The van der Waals surface area contributed by atoms with Crippen LogP contribution in [0, 0.1) is 0 Å². The highest BCUT2D eigenvalue weighted by Crippen LogP contribution is 2.40. The van der Waals surface area contributed by atoms with Crippen molar-refractivity contribution in [2.45, 2.75) is 49.2 Å². The first kappa shape index (κ1) is 28.6. The van der Waals surface area contributed by atoms with Crippen molar-refractivity contribution in [3.8, 4) is 11.5 Å². The lowest BCUT2D eigenvalue weighted by atomic mass is 9.89. The number of nitrogens with zero attached hydrogens (tertiary/aromatic N) is 3.